The molecule has 0 saturated carbocycles. The van der Waals surface area contributed by atoms with Gasteiger partial charge in [-0.2, -0.15) is 0 Å². The molecular weight excluding hydrogens is 304 g/mol. The van der Waals surface area contributed by atoms with Crippen LogP contribution in [0.15, 0.2) is 72.8 Å². The van der Waals surface area contributed by atoms with E-state index in [4.69, 9.17) is 0 Å². The zero-order chi connectivity index (χ0) is 17.8. The minimum Gasteiger partial charge on any atom is -0.293 e. The summed E-state index contributed by atoms with van der Waals surface area (Å²) in [7, 11) is 0. The third-order valence-corrected chi connectivity index (χ3v) is 4.72. The minimum absolute atomic E-state index is 0.163. The fraction of sp³-hybridized carbons (Fsp3) is 0.208. The van der Waals surface area contributed by atoms with Gasteiger partial charge >= 0.3 is 0 Å². The standard InChI is InChI=1S/C24H24O/c1-17-14-18(2)23(19(3)15-17)24(25)22(21-12-8-5-9-13-21)16-20-10-6-4-7-11-20/h4-15,22H,16H2,1-3H3/t22-/m0/s1. The van der Waals surface area contributed by atoms with Gasteiger partial charge in [0.25, 0.3) is 0 Å². The molecule has 1 heteroatoms. The molecule has 0 aliphatic rings. The summed E-state index contributed by atoms with van der Waals surface area (Å²) >= 11 is 0. The fourth-order valence-electron chi connectivity index (χ4n) is 3.64. The van der Waals surface area contributed by atoms with Gasteiger partial charge in [0.1, 0.15) is 0 Å². The van der Waals surface area contributed by atoms with Crippen LogP contribution >= 0.6 is 0 Å². The first-order chi connectivity index (χ1) is 12.1. The Morgan fingerprint density at radius 1 is 0.800 bits per heavy atom. The number of rotatable bonds is 5. The summed E-state index contributed by atoms with van der Waals surface area (Å²) in [5.41, 5.74) is 6.47. The summed E-state index contributed by atoms with van der Waals surface area (Å²) in [5.74, 6) is 0.0498. The fourth-order valence-corrected chi connectivity index (χ4v) is 3.64. The van der Waals surface area contributed by atoms with Crippen LogP contribution in [0.3, 0.4) is 0 Å². The number of benzene rings is 3. The molecule has 1 atom stereocenters. The van der Waals surface area contributed by atoms with Crippen molar-refractivity contribution in [1.29, 1.82) is 0 Å². The first kappa shape index (κ1) is 17.2. The average molecular weight is 328 g/mol. The molecule has 0 spiro atoms. The summed E-state index contributed by atoms with van der Waals surface area (Å²) in [6.07, 6.45) is 0.719. The second kappa shape index (κ2) is 7.48. The predicted molar refractivity (Wildman–Crippen MR) is 104 cm³/mol. The zero-order valence-electron chi connectivity index (χ0n) is 15.1. The first-order valence-corrected chi connectivity index (χ1v) is 8.77. The van der Waals surface area contributed by atoms with Gasteiger partial charge in [-0.15, -0.1) is 0 Å². The van der Waals surface area contributed by atoms with E-state index < -0.39 is 0 Å². The lowest BCUT2D eigenvalue weighted by atomic mass is 9.82. The molecular formula is C24H24O. The van der Waals surface area contributed by atoms with Crippen molar-refractivity contribution in [2.24, 2.45) is 0 Å². The smallest absolute Gasteiger partial charge is 0.171 e. The van der Waals surface area contributed by atoms with Crippen LogP contribution in [0.25, 0.3) is 0 Å². The third-order valence-electron chi connectivity index (χ3n) is 4.72. The summed E-state index contributed by atoms with van der Waals surface area (Å²) in [5, 5.41) is 0. The van der Waals surface area contributed by atoms with E-state index in [0.717, 1.165) is 28.7 Å². The van der Waals surface area contributed by atoms with Gasteiger partial charge in [0.05, 0.1) is 5.92 Å². The van der Waals surface area contributed by atoms with E-state index in [-0.39, 0.29) is 11.7 Å². The van der Waals surface area contributed by atoms with Crippen molar-refractivity contribution in [3.8, 4) is 0 Å². The van der Waals surface area contributed by atoms with Gasteiger partial charge in [-0.25, -0.2) is 0 Å². The highest BCUT2D eigenvalue weighted by molar-refractivity contribution is 6.03. The maximum atomic E-state index is 13.5. The molecule has 0 N–H and O–H groups in total. The third kappa shape index (κ3) is 3.88. The number of ketones is 1. The maximum Gasteiger partial charge on any atom is 0.171 e. The first-order valence-electron chi connectivity index (χ1n) is 8.77. The number of carbonyl (C=O) groups is 1. The van der Waals surface area contributed by atoms with Gasteiger partial charge in [0.15, 0.2) is 5.78 Å². The van der Waals surface area contributed by atoms with Crippen molar-refractivity contribution in [3.05, 3.63) is 106 Å². The normalized spacial score (nSPS) is 12.0. The van der Waals surface area contributed by atoms with E-state index >= 15 is 0 Å². The Morgan fingerprint density at radius 2 is 1.32 bits per heavy atom. The van der Waals surface area contributed by atoms with E-state index in [1.54, 1.807) is 0 Å². The number of hydrogen-bond donors (Lipinski definition) is 0. The molecule has 0 saturated heterocycles. The van der Waals surface area contributed by atoms with Crippen molar-refractivity contribution < 1.29 is 4.79 Å². The second-order valence-electron chi connectivity index (χ2n) is 6.79. The molecule has 25 heavy (non-hydrogen) atoms. The largest absolute Gasteiger partial charge is 0.293 e. The summed E-state index contributed by atoms with van der Waals surface area (Å²) < 4.78 is 0. The van der Waals surface area contributed by atoms with E-state index in [9.17, 15) is 4.79 Å². The highest BCUT2D eigenvalue weighted by Gasteiger charge is 2.25. The lowest BCUT2D eigenvalue weighted by Crippen LogP contribution is -2.18. The van der Waals surface area contributed by atoms with E-state index in [1.807, 2.05) is 50.2 Å². The van der Waals surface area contributed by atoms with Gasteiger partial charge in [-0.05, 0) is 49.4 Å². The topological polar surface area (TPSA) is 17.1 Å². The van der Waals surface area contributed by atoms with Crippen LogP contribution in [-0.4, -0.2) is 5.78 Å². The molecule has 0 aromatic heterocycles. The van der Waals surface area contributed by atoms with Crippen LogP contribution < -0.4 is 0 Å². The summed E-state index contributed by atoms with van der Waals surface area (Å²) in [6.45, 7) is 6.16. The molecule has 0 heterocycles. The highest BCUT2D eigenvalue weighted by Crippen LogP contribution is 2.28. The van der Waals surface area contributed by atoms with Crippen LogP contribution in [-0.2, 0) is 6.42 Å². The summed E-state index contributed by atoms with van der Waals surface area (Å²) in [4.78, 5) is 13.5. The Labute approximate surface area is 150 Å². The molecule has 3 aromatic carbocycles. The van der Waals surface area contributed by atoms with Crippen LogP contribution in [0.2, 0.25) is 0 Å². The molecule has 0 unspecified atom stereocenters. The zero-order valence-corrected chi connectivity index (χ0v) is 15.1. The number of aryl methyl sites for hydroxylation is 3. The molecule has 1 nitrogen and oxygen atoms in total. The molecule has 0 aliphatic heterocycles. The van der Waals surface area contributed by atoms with Crippen molar-refractivity contribution in [2.45, 2.75) is 33.1 Å². The van der Waals surface area contributed by atoms with Crippen molar-refractivity contribution >= 4 is 5.78 Å². The van der Waals surface area contributed by atoms with E-state index in [0.29, 0.717) is 0 Å². The summed E-state index contributed by atoms with van der Waals surface area (Å²) in [6, 6.07) is 24.6. The van der Waals surface area contributed by atoms with Crippen molar-refractivity contribution in [3.63, 3.8) is 0 Å². The number of carbonyl (C=O) groups excluding carboxylic acids is 1. The minimum atomic E-state index is -0.163. The molecule has 0 bridgehead atoms. The number of Topliss-reactive ketones (excluding diaryl/α,β-unsaturated/α-hetero) is 1. The Balaban J connectivity index is 2.04. The van der Waals surface area contributed by atoms with Gasteiger partial charge in [0.2, 0.25) is 0 Å². The lowest BCUT2D eigenvalue weighted by Gasteiger charge is -2.20. The Hall–Kier alpha value is -2.67. The van der Waals surface area contributed by atoms with Gasteiger partial charge in [0, 0.05) is 5.56 Å². The number of hydrogen-bond acceptors (Lipinski definition) is 1. The van der Waals surface area contributed by atoms with Gasteiger partial charge < -0.3 is 0 Å². The van der Waals surface area contributed by atoms with Crippen LogP contribution in [0.5, 0.6) is 0 Å². The monoisotopic (exact) mass is 328 g/mol. The molecule has 0 aliphatic carbocycles. The van der Waals surface area contributed by atoms with Gasteiger partial charge in [-0.3, -0.25) is 4.79 Å². The van der Waals surface area contributed by atoms with Crippen molar-refractivity contribution in [2.75, 3.05) is 0 Å². The Kier molecular flexibility index (Phi) is 5.14. The average Bonchev–Trinajstić information content (AvgIpc) is 2.60. The molecule has 0 fully saturated rings. The van der Waals surface area contributed by atoms with Crippen LogP contribution in [0.1, 0.15) is 44.1 Å². The molecule has 0 radical (unpaired) electrons. The molecule has 126 valence electrons. The Morgan fingerprint density at radius 3 is 1.88 bits per heavy atom. The maximum absolute atomic E-state index is 13.5. The van der Waals surface area contributed by atoms with E-state index in [2.05, 4.69) is 43.3 Å². The van der Waals surface area contributed by atoms with Crippen molar-refractivity contribution in [1.82, 2.24) is 0 Å². The SMILES string of the molecule is Cc1cc(C)c(C(=O)[C@@H](Cc2ccccc2)c2ccccc2)c(C)c1. The molecule has 0 amide bonds. The van der Waals surface area contributed by atoms with Crippen LogP contribution in [0, 0.1) is 20.8 Å². The second-order valence-corrected chi connectivity index (χ2v) is 6.79. The van der Waals surface area contributed by atoms with Gasteiger partial charge in [-0.1, -0.05) is 78.4 Å². The molecule has 3 rings (SSSR count). The van der Waals surface area contributed by atoms with Crippen LogP contribution in [0.4, 0.5) is 0 Å². The van der Waals surface area contributed by atoms with E-state index in [1.165, 1.54) is 11.1 Å². The quantitative estimate of drug-likeness (QED) is 0.539. The highest BCUT2D eigenvalue weighted by atomic mass is 16.1. The molecule has 3 aromatic rings. The predicted octanol–water partition coefficient (Wildman–Crippen LogP) is 5.82. The lowest BCUT2D eigenvalue weighted by molar-refractivity contribution is 0.0957. The Bertz CT molecular complexity index is 840.